The summed E-state index contributed by atoms with van der Waals surface area (Å²) in [5.41, 5.74) is 0.871. The highest BCUT2D eigenvalue weighted by Crippen LogP contribution is 2.09. The molecule has 0 spiro atoms. The van der Waals surface area contributed by atoms with E-state index in [-0.39, 0.29) is 11.7 Å². The second-order valence-corrected chi connectivity index (χ2v) is 5.65. The van der Waals surface area contributed by atoms with E-state index < -0.39 is 0 Å². The summed E-state index contributed by atoms with van der Waals surface area (Å²) in [6.45, 7) is 7.52. The van der Waals surface area contributed by atoms with E-state index in [1.165, 1.54) is 18.9 Å². The average molecular weight is 320 g/mol. The molecule has 0 aromatic heterocycles. The van der Waals surface area contributed by atoms with Gasteiger partial charge in [-0.15, -0.1) is 0 Å². The topological polar surface area (TPSA) is 56.7 Å². The minimum absolute atomic E-state index is 0.273. The lowest BCUT2D eigenvalue weighted by Gasteiger charge is -2.20. The number of nitrogens with one attached hydrogen (secondary N) is 2. The highest BCUT2D eigenvalue weighted by Gasteiger charge is 2.15. The van der Waals surface area contributed by atoms with E-state index >= 15 is 0 Å². The normalized spacial score (nSPS) is 14.9. The first-order valence-electron chi connectivity index (χ1n) is 8.19. The van der Waals surface area contributed by atoms with Crippen molar-refractivity contribution >= 4 is 11.9 Å². The third-order valence-electron chi connectivity index (χ3n) is 3.83. The first-order chi connectivity index (χ1) is 11.1. The fraction of sp³-hybridized carbons (Fsp3) is 0.529. The van der Waals surface area contributed by atoms with Gasteiger partial charge in [0.05, 0.1) is 6.54 Å². The Hall–Kier alpha value is -2.11. The Labute approximate surface area is 137 Å². The highest BCUT2D eigenvalue weighted by atomic mass is 19.1. The Kier molecular flexibility index (Phi) is 6.38. The molecule has 1 saturated heterocycles. The third-order valence-corrected chi connectivity index (χ3v) is 3.83. The van der Waals surface area contributed by atoms with Gasteiger partial charge in [-0.3, -0.25) is 9.79 Å². The Morgan fingerprint density at radius 1 is 1.30 bits per heavy atom. The molecule has 6 heteroatoms. The first-order valence-corrected chi connectivity index (χ1v) is 8.19. The number of aliphatic imine (C=N–C) groups is 1. The predicted molar refractivity (Wildman–Crippen MR) is 90.3 cm³/mol. The van der Waals surface area contributed by atoms with Crippen LogP contribution in [0.5, 0.6) is 0 Å². The van der Waals surface area contributed by atoms with Crippen molar-refractivity contribution in [3.05, 3.63) is 35.1 Å². The van der Waals surface area contributed by atoms with E-state index in [0.717, 1.165) is 25.6 Å². The third kappa shape index (κ3) is 4.94. The summed E-state index contributed by atoms with van der Waals surface area (Å²) in [6.07, 6.45) is 2.39. The summed E-state index contributed by atoms with van der Waals surface area (Å²) in [6, 6.07) is 4.51. The average Bonchev–Trinajstić information content (AvgIpc) is 3.07. The number of nitrogens with zero attached hydrogens (tertiary/aromatic N) is 2. The van der Waals surface area contributed by atoms with Crippen LogP contribution in [0.1, 0.15) is 35.7 Å². The number of hydrogen-bond donors (Lipinski definition) is 2. The van der Waals surface area contributed by atoms with E-state index in [1.807, 2.05) is 6.92 Å². The van der Waals surface area contributed by atoms with Crippen LogP contribution in [-0.4, -0.2) is 49.5 Å². The zero-order valence-electron chi connectivity index (χ0n) is 13.9. The molecule has 1 amide bonds. The maximum absolute atomic E-state index is 13.5. The quantitative estimate of drug-likeness (QED) is 0.495. The van der Waals surface area contributed by atoms with Gasteiger partial charge in [-0.25, -0.2) is 4.39 Å². The molecule has 1 aliphatic heterocycles. The number of carbonyl (C=O) groups is 1. The summed E-state index contributed by atoms with van der Waals surface area (Å²) in [5.74, 6) is 0.269. The van der Waals surface area contributed by atoms with Crippen molar-refractivity contribution in [3.8, 4) is 0 Å². The molecule has 0 aliphatic carbocycles. The van der Waals surface area contributed by atoms with Gasteiger partial charge >= 0.3 is 0 Å². The Morgan fingerprint density at radius 2 is 2.04 bits per heavy atom. The SMILES string of the molecule is CCNC(=NCCNC(=O)c1ccc(C)c(F)c1)N1CCCC1. The minimum atomic E-state index is -0.362. The van der Waals surface area contributed by atoms with Gasteiger partial charge in [-0.05, 0) is 44.4 Å². The van der Waals surface area contributed by atoms with E-state index in [9.17, 15) is 9.18 Å². The van der Waals surface area contributed by atoms with Gasteiger partial charge in [0.25, 0.3) is 5.91 Å². The zero-order valence-corrected chi connectivity index (χ0v) is 13.9. The number of benzene rings is 1. The monoisotopic (exact) mass is 320 g/mol. The maximum atomic E-state index is 13.5. The lowest BCUT2D eigenvalue weighted by molar-refractivity contribution is 0.0954. The van der Waals surface area contributed by atoms with Crippen LogP contribution in [0.25, 0.3) is 0 Å². The van der Waals surface area contributed by atoms with Gasteiger partial charge < -0.3 is 15.5 Å². The fourth-order valence-electron chi connectivity index (χ4n) is 2.52. The summed E-state index contributed by atoms with van der Waals surface area (Å²) < 4.78 is 13.5. The molecule has 126 valence electrons. The molecule has 1 aliphatic rings. The first kappa shape index (κ1) is 17.2. The van der Waals surface area contributed by atoms with Crippen LogP contribution in [0.15, 0.2) is 23.2 Å². The van der Waals surface area contributed by atoms with Crippen LogP contribution in [0.4, 0.5) is 4.39 Å². The summed E-state index contributed by atoms with van der Waals surface area (Å²) >= 11 is 0. The second kappa shape index (κ2) is 8.50. The number of amides is 1. The summed E-state index contributed by atoms with van der Waals surface area (Å²) in [4.78, 5) is 18.8. The minimum Gasteiger partial charge on any atom is -0.357 e. The molecular weight excluding hydrogens is 295 g/mol. The summed E-state index contributed by atoms with van der Waals surface area (Å²) in [5, 5.41) is 6.05. The van der Waals surface area contributed by atoms with Gasteiger partial charge in [-0.1, -0.05) is 6.07 Å². The lowest BCUT2D eigenvalue weighted by atomic mass is 10.1. The molecule has 2 rings (SSSR count). The Morgan fingerprint density at radius 3 is 2.70 bits per heavy atom. The molecule has 0 atom stereocenters. The van der Waals surface area contributed by atoms with Crippen molar-refractivity contribution in [2.24, 2.45) is 4.99 Å². The van der Waals surface area contributed by atoms with Crippen LogP contribution in [0.3, 0.4) is 0 Å². The van der Waals surface area contributed by atoms with Crippen molar-refractivity contribution in [2.45, 2.75) is 26.7 Å². The van der Waals surface area contributed by atoms with Gasteiger partial charge in [0, 0.05) is 31.7 Å². The molecule has 1 fully saturated rings. The second-order valence-electron chi connectivity index (χ2n) is 5.65. The molecule has 0 bridgehead atoms. The Bertz CT molecular complexity index is 568. The molecule has 5 nitrogen and oxygen atoms in total. The molecule has 23 heavy (non-hydrogen) atoms. The van der Waals surface area contributed by atoms with Gasteiger partial charge in [0.1, 0.15) is 5.82 Å². The van der Waals surface area contributed by atoms with Crippen molar-refractivity contribution in [1.82, 2.24) is 15.5 Å². The van der Waals surface area contributed by atoms with Crippen LogP contribution in [0.2, 0.25) is 0 Å². The molecular formula is C17H25FN4O. The van der Waals surface area contributed by atoms with Gasteiger partial charge in [-0.2, -0.15) is 0 Å². The number of halogens is 1. The van der Waals surface area contributed by atoms with Gasteiger partial charge in [0.2, 0.25) is 0 Å². The van der Waals surface area contributed by atoms with E-state index in [1.54, 1.807) is 19.1 Å². The molecule has 0 saturated carbocycles. The van der Waals surface area contributed by atoms with Gasteiger partial charge in [0.15, 0.2) is 5.96 Å². The van der Waals surface area contributed by atoms with Crippen molar-refractivity contribution < 1.29 is 9.18 Å². The number of likely N-dealkylation sites (tertiary alicyclic amines) is 1. The zero-order chi connectivity index (χ0) is 16.7. The summed E-state index contributed by atoms with van der Waals surface area (Å²) in [7, 11) is 0. The van der Waals surface area contributed by atoms with E-state index in [4.69, 9.17) is 0 Å². The standard InChI is InChI=1S/C17H25FN4O/c1-3-19-17(22-10-4-5-11-22)21-9-8-20-16(23)14-7-6-13(2)15(18)12-14/h6-7,12H,3-5,8-11H2,1-2H3,(H,19,21)(H,20,23). The number of guanidine groups is 1. The molecule has 0 unspecified atom stereocenters. The van der Waals surface area contributed by atoms with Crippen LogP contribution >= 0.6 is 0 Å². The molecule has 0 radical (unpaired) electrons. The van der Waals surface area contributed by atoms with Crippen LogP contribution in [-0.2, 0) is 0 Å². The number of carbonyl (C=O) groups excluding carboxylic acids is 1. The Balaban J connectivity index is 1.83. The van der Waals surface area contributed by atoms with Crippen molar-refractivity contribution in [1.29, 1.82) is 0 Å². The molecule has 2 N–H and O–H groups in total. The molecule has 1 heterocycles. The highest BCUT2D eigenvalue weighted by molar-refractivity contribution is 5.94. The van der Waals surface area contributed by atoms with Crippen molar-refractivity contribution in [2.75, 3.05) is 32.7 Å². The largest absolute Gasteiger partial charge is 0.357 e. The number of rotatable bonds is 5. The maximum Gasteiger partial charge on any atom is 0.251 e. The van der Waals surface area contributed by atoms with Crippen molar-refractivity contribution in [3.63, 3.8) is 0 Å². The molecule has 1 aromatic rings. The molecule has 1 aromatic carbocycles. The predicted octanol–water partition coefficient (Wildman–Crippen LogP) is 1.93. The number of aryl methyl sites for hydroxylation is 1. The van der Waals surface area contributed by atoms with E-state index in [0.29, 0.717) is 24.2 Å². The van der Waals surface area contributed by atoms with E-state index in [2.05, 4.69) is 20.5 Å². The van der Waals surface area contributed by atoms with Crippen LogP contribution in [0, 0.1) is 12.7 Å². The fourth-order valence-corrected chi connectivity index (χ4v) is 2.52. The lowest BCUT2D eigenvalue weighted by Crippen LogP contribution is -2.40. The number of hydrogen-bond acceptors (Lipinski definition) is 2. The smallest absolute Gasteiger partial charge is 0.251 e. The van der Waals surface area contributed by atoms with Crippen LogP contribution < -0.4 is 10.6 Å².